The Morgan fingerprint density at radius 2 is 1.88 bits per heavy atom. The Morgan fingerprint density at radius 3 is 2.45 bits per heavy atom. The summed E-state index contributed by atoms with van der Waals surface area (Å²) in [6.45, 7) is -2.27. The number of alkyl halides is 6. The highest BCUT2D eigenvalue weighted by Crippen LogP contribution is 2.38. The second-order valence-corrected chi connectivity index (χ2v) is 10.9. The van der Waals surface area contributed by atoms with E-state index in [0.29, 0.717) is 18.9 Å². The van der Waals surface area contributed by atoms with E-state index in [-0.39, 0.29) is 34.7 Å². The summed E-state index contributed by atoms with van der Waals surface area (Å²) in [5.74, 6) is -2.42. The van der Waals surface area contributed by atoms with Crippen LogP contribution in [0.5, 0.6) is 0 Å². The molecule has 0 radical (unpaired) electrons. The number of halogens is 7. The number of nitrogens with zero attached hydrogens (tertiary/aromatic N) is 2. The van der Waals surface area contributed by atoms with Crippen LogP contribution < -0.4 is 15.5 Å². The van der Waals surface area contributed by atoms with E-state index in [9.17, 15) is 40.7 Å². The van der Waals surface area contributed by atoms with Gasteiger partial charge < -0.3 is 20.3 Å². The molecule has 3 amide bonds. The highest BCUT2D eigenvalue weighted by atomic mass is 35.5. The molecule has 1 atom stereocenters. The number of carbonyl (C=O) groups excluding carboxylic acids is 3. The Kier molecular flexibility index (Phi) is 8.97. The Bertz CT molecular complexity index is 1270. The summed E-state index contributed by atoms with van der Waals surface area (Å²) in [4.78, 5) is 40.0. The first kappa shape index (κ1) is 30.1. The van der Waals surface area contributed by atoms with Gasteiger partial charge in [0.2, 0.25) is 5.91 Å². The number of nitrogens with one attached hydrogen (secondary N) is 2. The molecule has 2 aliphatic rings. The number of ether oxygens (including phenoxy) is 1. The Balaban J connectivity index is 1.61. The Hall–Kier alpha value is -2.88. The number of carbonyl (C=O) groups is 3. The maximum Gasteiger partial charge on any atom is 0.418 e. The van der Waals surface area contributed by atoms with Crippen LogP contribution in [-0.2, 0) is 20.5 Å². The van der Waals surface area contributed by atoms with Gasteiger partial charge in [0.1, 0.15) is 12.6 Å². The number of hydrogen-bond acceptors (Lipinski definition) is 6. The van der Waals surface area contributed by atoms with Crippen molar-refractivity contribution in [3.8, 4) is 0 Å². The molecule has 0 bridgehead atoms. The monoisotopic (exact) mass is 612 g/mol. The van der Waals surface area contributed by atoms with E-state index in [0.717, 1.165) is 27.2 Å². The highest BCUT2D eigenvalue weighted by Gasteiger charge is 2.44. The summed E-state index contributed by atoms with van der Waals surface area (Å²) >= 11 is 6.73. The molecule has 1 saturated heterocycles. The molecule has 1 saturated carbocycles. The van der Waals surface area contributed by atoms with Crippen molar-refractivity contribution in [3.63, 3.8) is 0 Å². The maximum atomic E-state index is 14.0. The van der Waals surface area contributed by atoms with Gasteiger partial charge in [0.05, 0.1) is 33.6 Å². The second-order valence-electron chi connectivity index (χ2n) is 9.16. The van der Waals surface area contributed by atoms with Gasteiger partial charge in [-0.1, -0.05) is 11.6 Å². The minimum atomic E-state index is -4.97. The number of hydrogen-bond donors (Lipinski definition) is 2. The van der Waals surface area contributed by atoms with Crippen LogP contribution in [0.3, 0.4) is 0 Å². The number of anilines is 2. The highest BCUT2D eigenvalue weighted by molar-refractivity contribution is 7.18. The third-order valence-corrected chi connectivity index (χ3v) is 7.43. The van der Waals surface area contributed by atoms with Crippen LogP contribution in [0.4, 0.5) is 37.7 Å². The third kappa shape index (κ3) is 7.65. The van der Waals surface area contributed by atoms with E-state index in [1.807, 2.05) is 0 Å². The topological polar surface area (TPSA) is 91.0 Å². The fraction of sp³-hybridized carbons (Fsp3) is 0.458. The lowest BCUT2D eigenvalue weighted by molar-refractivity contribution is -0.155. The summed E-state index contributed by atoms with van der Waals surface area (Å²) in [6, 6.07) is 3.37. The van der Waals surface area contributed by atoms with Gasteiger partial charge in [0, 0.05) is 24.8 Å². The van der Waals surface area contributed by atoms with Crippen LogP contribution in [0.25, 0.3) is 0 Å². The van der Waals surface area contributed by atoms with Crippen LogP contribution >= 0.6 is 22.9 Å². The molecule has 2 aromatic rings. The zero-order chi connectivity index (χ0) is 29.2. The first-order valence-corrected chi connectivity index (χ1v) is 13.2. The number of thiophene rings is 1. The van der Waals surface area contributed by atoms with Crippen molar-refractivity contribution in [2.75, 3.05) is 43.1 Å². The van der Waals surface area contributed by atoms with Gasteiger partial charge >= 0.3 is 12.4 Å². The maximum absolute atomic E-state index is 14.0. The fourth-order valence-electron chi connectivity index (χ4n) is 4.23. The predicted molar refractivity (Wildman–Crippen MR) is 134 cm³/mol. The van der Waals surface area contributed by atoms with Crippen molar-refractivity contribution in [1.82, 2.24) is 10.2 Å². The van der Waals surface area contributed by atoms with Gasteiger partial charge in [0.15, 0.2) is 0 Å². The molecule has 2 N–H and O–H groups in total. The normalized spacial score (nSPS) is 17.2. The molecule has 4 rings (SSSR count). The quantitative estimate of drug-likeness (QED) is 0.406. The minimum Gasteiger partial charge on any atom is -0.370 e. The van der Waals surface area contributed by atoms with Gasteiger partial charge in [-0.05, 0) is 43.2 Å². The molecular weight excluding hydrogens is 590 g/mol. The standard InChI is InChI=1S/C24H23ClF6N4O4S/c25-19-6-5-18(40-19)22(38)32-10-17(35(13-1-2-13)12-23(26,27)28)21(37)33-16-4-3-14(9-15(16)24(29,30)31)34-7-8-39-11-20(34)36/h3-6,9,13,17H,1-2,7-8,10-12H2,(H,32,38)(H,33,37)/t17-/m1/s1. The molecular formula is C24H23ClF6N4O4S. The number of rotatable bonds is 9. The van der Waals surface area contributed by atoms with Crippen molar-refractivity contribution < 1.29 is 45.5 Å². The summed E-state index contributed by atoms with van der Waals surface area (Å²) in [5.41, 5.74) is -2.07. The van der Waals surface area contributed by atoms with Crippen molar-refractivity contribution in [2.45, 2.75) is 37.3 Å². The molecule has 1 aromatic carbocycles. The van der Waals surface area contributed by atoms with Crippen molar-refractivity contribution >= 4 is 52.0 Å². The molecule has 0 spiro atoms. The average Bonchev–Trinajstić information content (AvgIpc) is 3.62. The summed E-state index contributed by atoms with van der Waals surface area (Å²) < 4.78 is 87.6. The molecule has 16 heteroatoms. The zero-order valence-corrected chi connectivity index (χ0v) is 22.1. The van der Waals surface area contributed by atoms with Crippen LogP contribution in [-0.4, -0.2) is 73.7 Å². The molecule has 2 heterocycles. The van der Waals surface area contributed by atoms with E-state index < -0.39 is 66.5 Å². The van der Waals surface area contributed by atoms with E-state index in [1.54, 1.807) is 0 Å². The lowest BCUT2D eigenvalue weighted by Gasteiger charge is -2.32. The van der Waals surface area contributed by atoms with Crippen LogP contribution in [0, 0.1) is 0 Å². The molecule has 218 valence electrons. The van der Waals surface area contributed by atoms with Crippen LogP contribution in [0.1, 0.15) is 28.1 Å². The van der Waals surface area contributed by atoms with E-state index in [2.05, 4.69) is 10.6 Å². The molecule has 0 unspecified atom stereocenters. The molecule has 1 aromatic heterocycles. The smallest absolute Gasteiger partial charge is 0.370 e. The summed E-state index contributed by atoms with van der Waals surface area (Å²) in [6.07, 6.45) is -8.98. The van der Waals surface area contributed by atoms with Crippen molar-refractivity contribution in [1.29, 1.82) is 0 Å². The van der Waals surface area contributed by atoms with E-state index >= 15 is 0 Å². The minimum absolute atomic E-state index is 0.0207. The largest absolute Gasteiger partial charge is 0.418 e. The molecule has 8 nitrogen and oxygen atoms in total. The lowest BCUT2D eigenvalue weighted by atomic mass is 10.1. The molecule has 1 aliphatic carbocycles. The summed E-state index contributed by atoms with van der Waals surface area (Å²) in [7, 11) is 0. The van der Waals surface area contributed by atoms with Crippen LogP contribution in [0.2, 0.25) is 4.34 Å². The van der Waals surface area contributed by atoms with E-state index in [4.69, 9.17) is 16.3 Å². The van der Waals surface area contributed by atoms with Gasteiger partial charge in [-0.3, -0.25) is 19.3 Å². The van der Waals surface area contributed by atoms with Crippen molar-refractivity contribution in [2.24, 2.45) is 0 Å². The third-order valence-electron chi connectivity index (χ3n) is 6.20. The number of benzene rings is 1. The van der Waals surface area contributed by atoms with Gasteiger partial charge in [0.25, 0.3) is 11.8 Å². The average molecular weight is 613 g/mol. The SMILES string of the molecule is O=C(NC[C@H](C(=O)Nc1ccc(N2CCOCC2=O)cc1C(F)(F)F)N(CC(F)(F)F)C1CC1)c1ccc(Cl)s1. The first-order chi connectivity index (χ1) is 18.7. The van der Waals surface area contributed by atoms with Gasteiger partial charge in [-0.15, -0.1) is 11.3 Å². The van der Waals surface area contributed by atoms with Crippen molar-refractivity contribution in [3.05, 3.63) is 45.1 Å². The van der Waals surface area contributed by atoms with Gasteiger partial charge in [-0.2, -0.15) is 26.3 Å². The predicted octanol–water partition coefficient (Wildman–Crippen LogP) is 4.55. The molecule has 2 fully saturated rings. The molecule has 40 heavy (non-hydrogen) atoms. The number of amides is 3. The lowest BCUT2D eigenvalue weighted by Crippen LogP contribution is -2.54. The van der Waals surface area contributed by atoms with Gasteiger partial charge in [-0.25, -0.2) is 0 Å². The first-order valence-electron chi connectivity index (χ1n) is 12.0. The van der Waals surface area contributed by atoms with Crippen LogP contribution in [0.15, 0.2) is 30.3 Å². The Morgan fingerprint density at radius 1 is 1.15 bits per heavy atom. The Labute approximate surface area is 233 Å². The number of morpholine rings is 1. The molecule has 1 aliphatic heterocycles. The second kappa shape index (κ2) is 11.9. The summed E-state index contributed by atoms with van der Waals surface area (Å²) in [5, 5.41) is 4.50. The fourth-order valence-corrected chi connectivity index (χ4v) is 5.19. The van der Waals surface area contributed by atoms with E-state index in [1.165, 1.54) is 18.2 Å². The zero-order valence-electron chi connectivity index (χ0n) is 20.6.